The molecule has 58 valence electrons. The molecule has 2 heteroatoms. The Morgan fingerprint density at radius 3 is 2.64 bits per heavy atom. The van der Waals surface area contributed by atoms with Gasteiger partial charge in [-0.2, -0.15) is 0 Å². The second kappa shape index (κ2) is 1.29. The van der Waals surface area contributed by atoms with Crippen LogP contribution in [0.4, 0.5) is 0 Å². The summed E-state index contributed by atoms with van der Waals surface area (Å²) in [6, 6.07) is 0. The third-order valence-electron chi connectivity index (χ3n) is 4.36. The quantitative estimate of drug-likeness (QED) is 0.396. The monoisotopic (exact) mass is 166 g/mol. The van der Waals surface area contributed by atoms with Gasteiger partial charge in [-0.3, -0.25) is 0 Å². The summed E-state index contributed by atoms with van der Waals surface area (Å²) in [5.41, 5.74) is 2.09. The van der Waals surface area contributed by atoms with Gasteiger partial charge >= 0.3 is 0 Å². The lowest BCUT2D eigenvalue weighted by molar-refractivity contribution is 0.407. The third-order valence-corrected chi connectivity index (χ3v) is 6.95. The molecule has 2 bridgehead atoms. The molecule has 1 aliphatic heterocycles. The molecule has 4 atom stereocenters. The molecule has 0 radical (unpaired) electrons. The van der Waals surface area contributed by atoms with Gasteiger partial charge in [-0.1, -0.05) is 12.2 Å². The first kappa shape index (κ1) is 5.59. The number of rotatable bonds is 0. The smallest absolute Gasteiger partial charge is 0.0847 e. The number of allylic oxidation sites excluding steroid dienone is 2. The highest BCUT2D eigenvalue weighted by Crippen LogP contribution is 2.92. The molecule has 4 aliphatic rings. The Hall–Kier alpha value is -0.0300. The van der Waals surface area contributed by atoms with Crippen LogP contribution in [0.2, 0.25) is 0 Å². The molecule has 3 aliphatic carbocycles. The molecular weight excluding hydrogens is 155 g/mol. The predicted octanol–water partition coefficient (Wildman–Crippen LogP) is 1.89. The fourth-order valence-corrected chi connectivity index (χ4v) is 6.70. The normalized spacial score (nSPS) is 74.0. The number of hydrogen-bond acceptors (Lipinski definition) is 1. The van der Waals surface area contributed by atoms with Crippen molar-refractivity contribution in [1.82, 2.24) is 0 Å². The van der Waals surface area contributed by atoms with Crippen LogP contribution in [-0.2, 0) is 4.57 Å². The average Bonchev–Trinajstić information content (AvgIpc) is 2.74. The fourth-order valence-electron chi connectivity index (χ4n) is 3.78. The topological polar surface area (TPSA) is 17.1 Å². The summed E-state index contributed by atoms with van der Waals surface area (Å²) in [4.78, 5) is 0. The van der Waals surface area contributed by atoms with Crippen molar-refractivity contribution in [2.75, 3.05) is 0 Å². The maximum atomic E-state index is 11.1. The van der Waals surface area contributed by atoms with E-state index in [0.717, 1.165) is 23.2 Å². The summed E-state index contributed by atoms with van der Waals surface area (Å²) >= 11 is 0. The summed E-state index contributed by atoms with van der Waals surface area (Å²) in [7, 11) is -1.01. The van der Waals surface area contributed by atoms with Crippen LogP contribution >= 0.6 is 7.80 Å². The Morgan fingerprint density at radius 2 is 2.18 bits per heavy atom. The number of hydrogen-bond donors (Lipinski definition) is 0. The van der Waals surface area contributed by atoms with Gasteiger partial charge in [0.25, 0.3) is 0 Å². The summed E-state index contributed by atoms with van der Waals surface area (Å²) in [5.74, 6) is 1.73. The lowest BCUT2D eigenvalue weighted by Crippen LogP contribution is -2.17. The highest BCUT2D eigenvalue weighted by Gasteiger charge is 2.86. The molecule has 2 saturated carbocycles. The Bertz CT molecular complexity index is 295. The molecule has 0 amide bonds. The van der Waals surface area contributed by atoms with E-state index in [9.17, 15) is 4.57 Å². The van der Waals surface area contributed by atoms with E-state index in [1.807, 2.05) is 0 Å². The van der Waals surface area contributed by atoms with Gasteiger partial charge in [0.2, 0.25) is 0 Å². The molecule has 0 aromatic rings. The zero-order chi connectivity index (χ0) is 7.22. The molecule has 0 N–H and O–H groups in total. The molecule has 1 heterocycles. The second-order valence-corrected chi connectivity index (χ2v) is 6.71. The van der Waals surface area contributed by atoms with Crippen LogP contribution in [0.1, 0.15) is 12.8 Å². The minimum Gasteiger partial charge on any atom is -0.326 e. The van der Waals surface area contributed by atoms with E-state index in [1.54, 1.807) is 0 Å². The van der Waals surface area contributed by atoms with Crippen molar-refractivity contribution < 1.29 is 4.57 Å². The summed E-state index contributed by atoms with van der Waals surface area (Å²) in [5, 5.41) is 0. The van der Waals surface area contributed by atoms with Crippen LogP contribution in [0.15, 0.2) is 12.2 Å². The zero-order valence-electron chi connectivity index (χ0n) is 6.29. The van der Waals surface area contributed by atoms with E-state index in [2.05, 4.69) is 12.2 Å². The molecular formula is C9H11OP. The van der Waals surface area contributed by atoms with Gasteiger partial charge in [-0.15, -0.1) is 0 Å². The summed E-state index contributed by atoms with van der Waals surface area (Å²) in [6.07, 6.45) is 7.56. The SMILES string of the molecule is O=[PH]1C2C1C21C[C@@H]2C=C[C@H]1C2. The van der Waals surface area contributed by atoms with Crippen LogP contribution in [-0.4, -0.2) is 11.3 Å². The molecule has 4 rings (SSSR count). The summed E-state index contributed by atoms with van der Waals surface area (Å²) < 4.78 is 11.1. The number of fused-ring (bicyclic) bond motifs is 6. The van der Waals surface area contributed by atoms with Gasteiger partial charge < -0.3 is 4.57 Å². The minimum atomic E-state index is -1.01. The van der Waals surface area contributed by atoms with E-state index < -0.39 is 7.80 Å². The van der Waals surface area contributed by atoms with Crippen molar-refractivity contribution >= 4 is 7.80 Å². The highest BCUT2D eigenvalue weighted by atomic mass is 31.1. The molecule has 0 aromatic heterocycles. The van der Waals surface area contributed by atoms with Crippen LogP contribution < -0.4 is 0 Å². The van der Waals surface area contributed by atoms with Crippen molar-refractivity contribution in [1.29, 1.82) is 0 Å². The minimum absolute atomic E-state index is 0.634. The van der Waals surface area contributed by atoms with Crippen molar-refractivity contribution in [3.8, 4) is 0 Å². The van der Waals surface area contributed by atoms with Crippen molar-refractivity contribution in [2.45, 2.75) is 24.2 Å². The van der Waals surface area contributed by atoms with Gasteiger partial charge in [0.1, 0.15) is 0 Å². The average molecular weight is 166 g/mol. The molecule has 3 fully saturated rings. The fraction of sp³-hybridized carbons (Fsp3) is 0.778. The second-order valence-electron chi connectivity index (χ2n) is 4.66. The van der Waals surface area contributed by atoms with Gasteiger partial charge in [-0.05, 0) is 30.1 Å². The lowest BCUT2D eigenvalue weighted by atomic mass is 9.90. The van der Waals surface area contributed by atoms with E-state index in [-0.39, 0.29) is 0 Å². The lowest BCUT2D eigenvalue weighted by Gasteiger charge is -2.22. The molecule has 2 unspecified atom stereocenters. The Morgan fingerprint density at radius 1 is 1.36 bits per heavy atom. The standard InChI is InChI=1S/C9H11OP/c10-11-7-8(11)9(7)4-5-1-2-6(9)3-5/h1-2,5-8,11H,3-4H2/t5-,6+,7?,8?,9?/m1/s1. The van der Waals surface area contributed by atoms with Crippen LogP contribution in [0.3, 0.4) is 0 Å². The van der Waals surface area contributed by atoms with E-state index >= 15 is 0 Å². The van der Waals surface area contributed by atoms with E-state index in [1.165, 1.54) is 12.8 Å². The third kappa shape index (κ3) is 0.396. The zero-order valence-corrected chi connectivity index (χ0v) is 7.29. The van der Waals surface area contributed by atoms with Gasteiger partial charge in [0, 0.05) is 11.3 Å². The van der Waals surface area contributed by atoms with E-state index in [4.69, 9.17) is 0 Å². The molecule has 1 nitrogen and oxygen atoms in total. The first-order valence-electron chi connectivity index (χ1n) is 4.56. The van der Waals surface area contributed by atoms with Gasteiger partial charge in [-0.25, -0.2) is 0 Å². The van der Waals surface area contributed by atoms with E-state index in [0.29, 0.717) is 5.41 Å². The molecule has 0 aromatic carbocycles. The van der Waals surface area contributed by atoms with Gasteiger partial charge in [0.15, 0.2) is 0 Å². The maximum Gasteiger partial charge on any atom is 0.0847 e. The predicted molar refractivity (Wildman–Crippen MR) is 44.4 cm³/mol. The van der Waals surface area contributed by atoms with Gasteiger partial charge in [0.05, 0.1) is 7.80 Å². The van der Waals surface area contributed by atoms with Crippen molar-refractivity contribution in [3.05, 3.63) is 12.2 Å². The Balaban J connectivity index is 1.80. The molecule has 1 spiro atoms. The first-order valence-corrected chi connectivity index (χ1v) is 6.12. The van der Waals surface area contributed by atoms with Crippen LogP contribution in [0.25, 0.3) is 0 Å². The van der Waals surface area contributed by atoms with Crippen LogP contribution in [0, 0.1) is 17.3 Å². The summed E-state index contributed by atoms with van der Waals surface area (Å²) in [6.45, 7) is 0. The highest BCUT2D eigenvalue weighted by molar-refractivity contribution is 7.58. The van der Waals surface area contributed by atoms with Crippen molar-refractivity contribution in [3.63, 3.8) is 0 Å². The van der Waals surface area contributed by atoms with Crippen LogP contribution in [0.5, 0.6) is 0 Å². The molecule has 11 heavy (non-hydrogen) atoms. The first-order chi connectivity index (χ1) is 5.34. The van der Waals surface area contributed by atoms with Crippen molar-refractivity contribution in [2.24, 2.45) is 17.3 Å². The Kier molecular flexibility index (Phi) is 0.654. The maximum absolute atomic E-state index is 11.1. The molecule has 1 saturated heterocycles. The Labute approximate surface area is 66.7 Å². The largest absolute Gasteiger partial charge is 0.326 e.